The lowest BCUT2D eigenvalue weighted by Gasteiger charge is -2.41. The van der Waals surface area contributed by atoms with Gasteiger partial charge in [0.15, 0.2) is 0 Å². The van der Waals surface area contributed by atoms with E-state index < -0.39 is 11.5 Å². The molecule has 0 aliphatic carbocycles. The zero-order chi connectivity index (χ0) is 16.0. The molecule has 2 amide bonds. The second-order valence-electron chi connectivity index (χ2n) is 6.16. The van der Waals surface area contributed by atoms with Crippen molar-refractivity contribution in [3.8, 4) is 0 Å². The van der Waals surface area contributed by atoms with Crippen LogP contribution >= 0.6 is 0 Å². The molecule has 0 bridgehead atoms. The Kier molecular flexibility index (Phi) is 6.45. The van der Waals surface area contributed by atoms with Gasteiger partial charge in [-0.15, -0.1) is 0 Å². The van der Waals surface area contributed by atoms with Crippen LogP contribution < -0.4 is 5.32 Å². The van der Waals surface area contributed by atoms with Crippen molar-refractivity contribution in [3.05, 3.63) is 0 Å². The summed E-state index contributed by atoms with van der Waals surface area (Å²) < 4.78 is 0. The van der Waals surface area contributed by atoms with E-state index in [-0.39, 0.29) is 6.03 Å². The number of nitrogens with zero attached hydrogens (tertiary/aromatic N) is 2. The summed E-state index contributed by atoms with van der Waals surface area (Å²) in [6.07, 6.45) is 3.29. The molecular formula is C15H29N3O3. The average molecular weight is 299 g/mol. The largest absolute Gasteiger partial charge is 0.480 e. The predicted molar refractivity (Wildman–Crippen MR) is 82.4 cm³/mol. The predicted octanol–water partition coefficient (Wildman–Crippen LogP) is 1.76. The lowest BCUT2D eigenvalue weighted by Crippen LogP contribution is -2.60. The molecule has 2 unspecified atom stereocenters. The van der Waals surface area contributed by atoms with Crippen molar-refractivity contribution in [1.29, 1.82) is 0 Å². The Morgan fingerprint density at radius 2 is 2.10 bits per heavy atom. The van der Waals surface area contributed by atoms with E-state index in [1.54, 1.807) is 6.92 Å². The summed E-state index contributed by atoms with van der Waals surface area (Å²) >= 11 is 0. The molecule has 21 heavy (non-hydrogen) atoms. The molecule has 0 radical (unpaired) electrons. The molecule has 0 spiro atoms. The Balaban J connectivity index is 2.52. The molecule has 1 heterocycles. The van der Waals surface area contributed by atoms with Crippen molar-refractivity contribution in [2.75, 3.05) is 26.7 Å². The van der Waals surface area contributed by atoms with Crippen LogP contribution in [0.25, 0.3) is 0 Å². The van der Waals surface area contributed by atoms with E-state index in [4.69, 9.17) is 0 Å². The highest BCUT2D eigenvalue weighted by Gasteiger charge is 2.43. The van der Waals surface area contributed by atoms with Crippen molar-refractivity contribution in [1.82, 2.24) is 15.1 Å². The Morgan fingerprint density at radius 1 is 1.43 bits per heavy atom. The molecule has 1 aliphatic rings. The number of carboxylic acids is 1. The summed E-state index contributed by atoms with van der Waals surface area (Å²) in [4.78, 5) is 27.4. The van der Waals surface area contributed by atoms with Crippen molar-refractivity contribution in [2.24, 2.45) is 0 Å². The van der Waals surface area contributed by atoms with Gasteiger partial charge in [0.05, 0.1) is 0 Å². The smallest absolute Gasteiger partial charge is 0.329 e. The van der Waals surface area contributed by atoms with Gasteiger partial charge in [-0.3, -0.25) is 0 Å². The molecule has 0 aromatic heterocycles. The number of nitrogens with one attached hydrogen (secondary N) is 1. The first-order chi connectivity index (χ1) is 9.82. The zero-order valence-electron chi connectivity index (χ0n) is 13.7. The first-order valence-electron chi connectivity index (χ1n) is 7.82. The SMILES string of the molecule is CCC(C)N(C)CCNC(=O)N1CCCCC1(C)C(=O)O. The van der Waals surface area contributed by atoms with E-state index in [2.05, 4.69) is 24.1 Å². The summed E-state index contributed by atoms with van der Waals surface area (Å²) in [7, 11) is 2.03. The number of aliphatic carboxylic acids is 1. The summed E-state index contributed by atoms with van der Waals surface area (Å²) in [6, 6.07) is 0.207. The van der Waals surface area contributed by atoms with Gasteiger partial charge in [0, 0.05) is 25.7 Å². The number of carboxylic acid groups (broad SMARTS) is 1. The molecule has 6 nitrogen and oxygen atoms in total. The van der Waals surface area contributed by atoms with Crippen LogP contribution in [0.1, 0.15) is 46.5 Å². The quantitative estimate of drug-likeness (QED) is 0.784. The number of hydrogen-bond acceptors (Lipinski definition) is 3. The van der Waals surface area contributed by atoms with Crippen LogP contribution in [0.3, 0.4) is 0 Å². The number of hydrogen-bond donors (Lipinski definition) is 2. The van der Waals surface area contributed by atoms with Gasteiger partial charge in [0.25, 0.3) is 0 Å². The molecule has 122 valence electrons. The molecule has 1 saturated heterocycles. The summed E-state index contributed by atoms with van der Waals surface area (Å²) in [6.45, 7) is 7.72. The number of rotatable bonds is 6. The van der Waals surface area contributed by atoms with Gasteiger partial charge in [0.2, 0.25) is 0 Å². The first kappa shape index (κ1) is 17.8. The molecule has 0 saturated carbocycles. The van der Waals surface area contributed by atoms with Crippen LogP contribution in [0.2, 0.25) is 0 Å². The molecule has 0 aromatic carbocycles. The number of likely N-dealkylation sites (N-methyl/N-ethyl adjacent to an activating group) is 1. The second kappa shape index (κ2) is 7.64. The van der Waals surface area contributed by atoms with Crippen LogP contribution in [-0.2, 0) is 4.79 Å². The van der Waals surface area contributed by atoms with Crippen molar-refractivity contribution < 1.29 is 14.7 Å². The molecule has 6 heteroatoms. The van der Waals surface area contributed by atoms with Gasteiger partial charge in [-0.2, -0.15) is 0 Å². The van der Waals surface area contributed by atoms with Crippen LogP contribution in [-0.4, -0.2) is 65.2 Å². The summed E-state index contributed by atoms with van der Waals surface area (Å²) in [5, 5.41) is 12.3. The molecule has 1 rings (SSSR count). The highest BCUT2D eigenvalue weighted by molar-refractivity contribution is 5.86. The van der Waals surface area contributed by atoms with Gasteiger partial charge in [-0.05, 0) is 46.6 Å². The molecule has 2 atom stereocenters. The number of likely N-dealkylation sites (tertiary alicyclic amines) is 1. The first-order valence-corrected chi connectivity index (χ1v) is 7.82. The Morgan fingerprint density at radius 3 is 2.67 bits per heavy atom. The number of carbonyl (C=O) groups is 2. The lowest BCUT2D eigenvalue weighted by atomic mass is 9.89. The Hall–Kier alpha value is -1.30. The second-order valence-corrected chi connectivity index (χ2v) is 6.16. The molecule has 1 aliphatic heterocycles. The number of piperidine rings is 1. The molecule has 1 fully saturated rings. The fourth-order valence-electron chi connectivity index (χ4n) is 2.64. The van der Waals surface area contributed by atoms with Gasteiger partial charge < -0.3 is 20.2 Å². The molecular weight excluding hydrogens is 270 g/mol. The van der Waals surface area contributed by atoms with E-state index in [1.807, 2.05) is 7.05 Å². The van der Waals surface area contributed by atoms with E-state index in [9.17, 15) is 14.7 Å². The van der Waals surface area contributed by atoms with Gasteiger partial charge in [-0.1, -0.05) is 6.92 Å². The molecule has 0 aromatic rings. The lowest BCUT2D eigenvalue weighted by molar-refractivity contribution is -0.150. The van der Waals surface area contributed by atoms with Crippen LogP contribution in [0, 0.1) is 0 Å². The highest BCUT2D eigenvalue weighted by atomic mass is 16.4. The Bertz CT molecular complexity index is 375. The maximum absolute atomic E-state index is 12.3. The highest BCUT2D eigenvalue weighted by Crippen LogP contribution is 2.28. The summed E-state index contributed by atoms with van der Waals surface area (Å²) in [5.41, 5.74) is -1.08. The van der Waals surface area contributed by atoms with Crippen LogP contribution in [0.5, 0.6) is 0 Å². The van der Waals surface area contributed by atoms with E-state index >= 15 is 0 Å². The fraction of sp³-hybridized carbons (Fsp3) is 0.867. The third-order valence-corrected chi connectivity index (χ3v) is 4.68. The van der Waals surface area contributed by atoms with E-state index in [1.165, 1.54) is 4.90 Å². The van der Waals surface area contributed by atoms with Gasteiger partial charge >= 0.3 is 12.0 Å². The summed E-state index contributed by atoms with van der Waals surface area (Å²) in [5.74, 6) is -0.922. The zero-order valence-corrected chi connectivity index (χ0v) is 13.7. The topological polar surface area (TPSA) is 72.9 Å². The normalized spacial score (nSPS) is 24.0. The number of carbonyl (C=O) groups excluding carboxylic acids is 1. The van der Waals surface area contributed by atoms with Gasteiger partial charge in [0.1, 0.15) is 5.54 Å². The molecule has 2 N–H and O–H groups in total. The fourth-order valence-corrected chi connectivity index (χ4v) is 2.64. The number of urea groups is 1. The average Bonchev–Trinajstić information content (AvgIpc) is 2.46. The van der Waals surface area contributed by atoms with E-state index in [0.717, 1.165) is 25.8 Å². The van der Waals surface area contributed by atoms with Crippen molar-refractivity contribution in [2.45, 2.75) is 58.0 Å². The van der Waals surface area contributed by atoms with Crippen molar-refractivity contribution >= 4 is 12.0 Å². The number of amides is 2. The minimum absolute atomic E-state index is 0.267. The van der Waals surface area contributed by atoms with Crippen molar-refractivity contribution in [3.63, 3.8) is 0 Å². The van der Waals surface area contributed by atoms with E-state index in [0.29, 0.717) is 25.6 Å². The minimum atomic E-state index is -1.08. The van der Waals surface area contributed by atoms with Gasteiger partial charge in [-0.25, -0.2) is 9.59 Å². The Labute approximate surface area is 127 Å². The van der Waals surface area contributed by atoms with Crippen LogP contribution in [0.15, 0.2) is 0 Å². The maximum Gasteiger partial charge on any atom is 0.329 e. The maximum atomic E-state index is 12.3. The monoisotopic (exact) mass is 299 g/mol. The van der Waals surface area contributed by atoms with Crippen LogP contribution in [0.4, 0.5) is 4.79 Å². The minimum Gasteiger partial charge on any atom is -0.480 e. The third-order valence-electron chi connectivity index (χ3n) is 4.68. The standard InChI is InChI=1S/C15H29N3O3/c1-5-12(2)17(4)11-9-16-14(21)18-10-7-6-8-15(18,3)13(19)20/h12H,5-11H2,1-4H3,(H,16,21)(H,19,20). The third kappa shape index (κ3) is 4.33.